The van der Waals surface area contributed by atoms with Crippen molar-refractivity contribution in [3.8, 4) is 5.75 Å². The second-order valence-electron chi connectivity index (χ2n) is 7.01. The Morgan fingerprint density at radius 2 is 1.79 bits per heavy atom. The van der Waals surface area contributed by atoms with Gasteiger partial charge in [0, 0.05) is 37.1 Å². The predicted octanol–water partition coefficient (Wildman–Crippen LogP) is 3.07. The highest BCUT2D eigenvalue weighted by Gasteiger charge is 2.36. The van der Waals surface area contributed by atoms with Gasteiger partial charge in [-0.15, -0.1) is 0 Å². The molecule has 0 saturated carbocycles. The number of amides is 2. The van der Waals surface area contributed by atoms with E-state index in [1.165, 1.54) is 4.90 Å². The van der Waals surface area contributed by atoms with Crippen molar-refractivity contribution in [3.05, 3.63) is 23.5 Å². The van der Waals surface area contributed by atoms with Crippen LogP contribution in [0.4, 0.5) is 4.79 Å². The van der Waals surface area contributed by atoms with Gasteiger partial charge in [-0.25, -0.2) is 4.79 Å². The molecule has 1 aromatic heterocycles. The van der Waals surface area contributed by atoms with Crippen LogP contribution in [-0.4, -0.2) is 41.0 Å². The van der Waals surface area contributed by atoms with Gasteiger partial charge in [-0.3, -0.25) is 14.7 Å². The van der Waals surface area contributed by atoms with E-state index < -0.39 is 11.6 Å². The summed E-state index contributed by atoms with van der Waals surface area (Å²) in [4.78, 5) is 30.3. The summed E-state index contributed by atoms with van der Waals surface area (Å²) in [6, 6.07) is 3.38. The number of carbonyl (C=O) groups is 2. The molecule has 0 atom stereocenters. The lowest BCUT2D eigenvalue weighted by atomic mass is 10.0. The number of carbonyl (C=O) groups excluding carboxylic acids is 2. The summed E-state index contributed by atoms with van der Waals surface area (Å²) in [5.74, 6) is 0.729. The van der Waals surface area contributed by atoms with Gasteiger partial charge in [-0.2, -0.15) is 0 Å². The van der Waals surface area contributed by atoms with Crippen LogP contribution in [0, 0.1) is 19.8 Å². The highest BCUT2D eigenvalue weighted by Crippen LogP contribution is 2.18. The number of aromatic nitrogens is 1. The van der Waals surface area contributed by atoms with Crippen LogP contribution in [0.5, 0.6) is 5.75 Å². The van der Waals surface area contributed by atoms with E-state index in [1.54, 1.807) is 33.0 Å². The summed E-state index contributed by atoms with van der Waals surface area (Å²) in [5, 5.41) is 2.87. The number of nitrogens with zero attached hydrogens (tertiary/aromatic N) is 2. The SMILES string of the molecule is Cc1cc(OC(=O)N(C)C(C)(C)C(=O)NCCC(C)C)cc(C)n1. The zero-order chi connectivity index (χ0) is 18.5. The fourth-order valence-corrected chi connectivity index (χ4v) is 2.10. The van der Waals surface area contributed by atoms with Crippen molar-refractivity contribution in [2.75, 3.05) is 13.6 Å². The molecule has 0 radical (unpaired) electrons. The molecule has 1 heterocycles. The van der Waals surface area contributed by atoms with E-state index in [4.69, 9.17) is 4.74 Å². The van der Waals surface area contributed by atoms with Gasteiger partial charge in [-0.05, 0) is 40.0 Å². The molecule has 1 rings (SSSR count). The van der Waals surface area contributed by atoms with Gasteiger partial charge < -0.3 is 10.1 Å². The maximum atomic E-state index is 12.4. The van der Waals surface area contributed by atoms with Gasteiger partial charge in [0.05, 0.1) is 0 Å². The quantitative estimate of drug-likeness (QED) is 0.867. The van der Waals surface area contributed by atoms with Crippen molar-refractivity contribution in [3.63, 3.8) is 0 Å². The van der Waals surface area contributed by atoms with E-state index >= 15 is 0 Å². The Labute approximate surface area is 144 Å². The molecule has 0 aliphatic rings. The van der Waals surface area contributed by atoms with Crippen LogP contribution in [0.25, 0.3) is 0 Å². The van der Waals surface area contributed by atoms with Crippen LogP contribution in [0.2, 0.25) is 0 Å². The van der Waals surface area contributed by atoms with Gasteiger partial charge in [0.1, 0.15) is 11.3 Å². The molecule has 2 amide bonds. The van der Waals surface area contributed by atoms with Gasteiger partial charge in [0.25, 0.3) is 0 Å². The van der Waals surface area contributed by atoms with E-state index in [0.717, 1.165) is 17.8 Å². The monoisotopic (exact) mass is 335 g/mol. The minimum Gasteiger partial charge on any atom is -0.410 e. The molecule has 0 saturated heterocycles. The molecule has 24 heavy (non-hydrogen) atoms. The third-order valence-electron chi connectivity index (χ3n) is 3.94. The van der Waals surface area contributed by atoms with Crippen LogP contribution in [0.15, 0.2) is 12.1 Å². The molecule has 6 heteroatoms. The zero-order valence-electron chi connectivity index (χ0n) is 15.8. The molecule has 0 aliphatic heterocycles. The number of nitrogens with one attached hydrogen (secondary N) is 1. The number of ether oxygens (including phenoxy) is 1. The number of aryl methyl sites for hydroxylation is 2. The topological polar surface area (TPSA) is 71.5 Å². The predicted molar refractivity (Wildman–Crippen MR) is 94.0 cm³/mol. The highest BCUT2D eigenvalue weighted by atomic mass is 16.6. The lowest BCUT2D eigenvalue weighted by Crippen LogP contribution is -2.56. The summed E-state index contributed by atoms with van der Waals surface area (Å²) in [5.41, 5.74) is 0.530. The third-order valence-corrected chi connectivity index (χ3v) is 3.94. The van der Waals surface area contributed by atoms with Crippen LogP contribution >= 0.6 is 0 Å². The van der Waals surface area contributed by atoms with Crippen molar-refractivity contribution < 1.29 is 14.3 Å². The average molecular weight is 335 g/mol. The number of hydrogen-bond acceptors (Lipinski definition) is 4. The molecule has 0 aromatic carbocycles. The Morgan fingerprint density at radius 3 is 2.29 bits per heavy atom. The molecule has 1 aromatic rings. The van der Waals surface area contributed by atoms with Crippen molar-refractivity contribution in [1.29, 1.82) is 0 Å². The Bertz CT molecular complexity index is 577. The van der Waals surface area contributed by atoms with Crippen molar-refractivity contribution in [2.45, 2.75) is 53.5 Å². The van der Waals surface area contributed by atoms with E-state index in [0.29, 0.717) is 18.2 Å². The lowest BCUT2D eigenvalue weighted by molar-refractivity contribution is -0.129. The maximum Gasteiger partial charge on any atom is 0.415 e. The molecule has 0 aliphatic carbocycles. The van der Waals surface area contributed by atoms with Crippen LogP contribution < -0.4 is 10.1 Å². The van der Waals surface area contributed by atoms with Gasteiger partial charge in [0.15, 0.2) is 0 Å². The first-order chi connectivity index (χ1) is 11.0. The van der Waals surface area contributed by atoms with Crippen molar-refractivity contribution in [1.82, 2.24) is 15.2 Å². The first-order valence-electron chi connectivity index (χ1n) is 8.23. The third kappa shape index (κ3) is 5.51. The van der Waals surface area contributed by atoms with Crippen molar-refractivity contribution in [2.24, 2.45) is 5.92 Å². The average Bonchev–Trinajstić information content (AvgIpc) is 2.44. The molecule has 0 bridgehead atoms. The fraction of sp³-hybridized carbons (Fsp3) is 0.611. The van der Waals surface area contributed by atoms with Gasteiger partial charge in [0.2, 0.25) is 5.91 Å². The second-order valence-corrected chi connectivity index (χ2v) is 7.01. The Hall–Kier alpha value is -2.11. The summed E-state index contributed by atoms with van der Waals surface area (Å²) < 4.78 is 5.38. The minimum absolute atomic E-state index is 0.204. The zero-order valence-corrected chi connectivity index (χ0v) is 15.8. The summed E-state index contributed by atoms with van der Waals surface area (Å²) in [6.07, 6.45) is 0.315. The molecule has 6 nitrogen and oxygen atoms in total. The van der Waals surface area contributed by atoms with Gasteiger partial charge >= 0.3 is 6.09 Å². The van der Waals surface area contributed by atoms with E-state index in [2.05, 4.69) is 24.1 Å². The first kappa shape index (κ1) is 19.9. The van der Waals surface area contributed by atoms with E-state index in [9.17, 15) is 9.59 Å². The van der Waals surface area contributed by atoms with Crippen LogP contribution in [-0.2, 0) is 4.79 Å². The Morgan fingerprint density at radius 1 is 1.25 bits per heavy atom. The number of rotatable bonds is 6. The van der Waals surface area contributed by atoms with E-state index in [1.807, 2.05) is 13.8 Å². The molecular formula is C18H29N3O3. The molecule has 0 fully saturated rings. The summed E-state index contributed by atoms with van der Waals surface area (Å²) in [6.45, 7) is 11.8. The first-order valence-corrected chi connectivity index (χ1v) is 8.23. The maximum absolute atomic E-state index is 12.4. The standard InChI is InChI=1S/C18H29N3O3/c1-12(2)8-9-19-16(22)18(5,6)21(7)17(23)24-15-10-13(3)20-14(4)11-15/h10-12H,8-9H2,1-7H3,(H,19,22). The largest absolute Gasteiger partial charge is 0.415 e. The van der Waals surface area contributed by atoms with E-state index in [-0.39, 0.29) is 5.91 Å². The molecule has 134 valence electrons. The Balaban J connectivity index is 2.73. The summed E-state index contributed by atoms with van der Waals surface area (Å²) in [7, 11) is 1.56. The minimum atomic E-state index is -1.01. The number of pyridine rings is 1. The Kier molecular flexibility index (Phi) is 6.75. The molecular weight excluding hydrogens is 306 g/mol. The normalized spacial score (nSPS) is 11.3. The molecule has 0 spiro atoms. The van der Waals surface area contributed by atoms with Crippen LogP contribution in [0.3, 0.4) is 0 Å². The summed E-state index contributed by atoms with van der Waals surface area (Å²) >= 11 is 0. The molecule has 0 unspecified atom stereocenters. The smallest absolute Gasteiger partial charge is 0.410 e. The lowest BCUT2D eigenvalue weighted by Gasteiger charge is -2.33. The molecule has 1 N–H and O–H groups in total. The van der Waals surface area contributed by atoms with Crippen LogP contribution in [0.1, 0.15) is 45.5 Å². The fourth-order valence-electron chi connectivity index (χ4n) is 2.10. The van der Waals surface area contributed by atoms with Gasteiger partial charge in [-0.1, -0.05) is 13.8 Å². The number of hydrogen-bond donors (Lipinski definition) is 1. The van der Waals surface area contributed by atoms with Crippen molar-refractivity contribution >= 4 is 12.0 Å². The number of likely N-dealkylation sites (N-methyl/N-ethyl adjacent to an activating group) is 1. The second kappa shape index (κ2) is 8.13. The highest BCUT2D eigenvalue weighted by molar-refractivity contribution is 5.89.